The maximum absolute atomic E-state index is 11.8. The summed E-state index contributed by atoms with van der Waals surface area (Å²) < 4.78 is 5.12. The number of amides is 1. The molecule has 0 aromatic rings. The number of carbonyl (C=O) groups excluding carboxylic acids is 1. The summed E-state index contributed by atoms with van der Waals surface area (Å²) >= 11 is 0. The number of hydrogen-bond acceptors (Lipinski definition) is 3. The molecular formula is C15H23NO4. The van der Waals surface area contributed by atoms with E-state index < -0.39 is 23.7 Å². The van der Waals surface area contributed by atoms with E-state index in [9.17, 15) is 14.7 Å². The lowest BCUT2D eigenvalue weighted by Crippen LogP contribution is -2.49. The molecule has 0 aliphatic heterocycles. The molecule has 20 heavy (non-hydrogen) atoms. The van der Waals surface area contributed by atoms with E-state index in [-0.39, 0.29) is 11.8 Å². The molecule has 1 amide bonds. The summed E-state index contributed by atoms with van der Waals surface area (Å²) in [5, 5.41) is 11.8. The van der Waals surface area contributed by atoms with Crippen LogP contribution >= 0.6 is 0 Å². The molecule has 3 unspecified atom stereocenters. The Balaban J connectivity index is 2.81. The molecule has 5 nitrogen and oxygen atoms in total. The van der Waals surface area contributed by atoms with Gasteiger partial charge in [0, 0.05) is 5.92 Å². The van der Waals surface area contributed by atoms with E-state index in [0.717, 1.165) is 5.57 Å². The molecule has 0 aromatic heterocycles. The van der Waals surface area contributed by atoms with Gasteiger partial charge >= 0.3 is 12.1 Å². The van der Waals surface area contributed by atoms with Gasteiger partial charge in [-0.3, -0.25) is 0 Å². The maximum atomic E-state index is 11.8. The fourth-order valence-electron chi connectivity index (χ4n) is 2.11. The average Bonchev–Trinajstić information content (AvgIpc) is 2.27. The predicted octanol–water partition coefficient (Wildman–Crippen LogP) is 2.73. The van der Waals surface area contributed by atoms with Gasteiger partial charge in [-0.05, 0) is 33.6 Å². The molecule has 1 aliphatic rings. The molecule has 0 saturated heterocycles. The number of nitrogens with one attached hydrogen (secondary N) is 1. The first-order valence-electron chi connectivity index (χ1n) is 6.69. The third-order valence-electron chi connectivity index (χ3n) is 3.31. The van der Waals surface area contributed by atoms with Crippen molar-refractivity contribution in [1.82, 2.24) is 5.32 Å². The SMILES string of the molecule is CC1=CC=CC(C(NC(=O)OC(C)(C)C)C(=O)O)C1C. The summed E-state index contributed by atoms with van der Waals surface area (Å²) in [7, 11) is 0. The van der Waals surface area contributed by atoms with Crippen molar-refractivity contribution in [2.45, 2.75) is 46.3 Å². The summed E-state index contributed by atoms with van der Waals surface area (Å²) in [5.74, 6) is -1.30. The molecule has 3 atom stereocenters. The van der Waals surface area contributed by atoms with Crippen LogP contribution in [0.5, 0.6) is 0 Å². The highest BCUT2D eigenvalue weighted by atomic mass is 16.6. The Morgan fingerprint density at radius 3 is 2.50 bits per heavy atom. The van der Waals surface area contributed by atoms with Crippen molar-refractivity contribution in [3.8, 4) is 0 Å². The van der Waals surface area contributed by atoms with Crippen LogP contribution in [0.4, 0.5) is 4.79 Å². The molecular weight excluding hydrogens is 258 g/mol. The van der Waals surface area contributed by atoms with Crippen LogP contribution in [0.3, 0.4) is 0 Å². The second kappa shape index (κ2) is 6.11. The number of carboxylic acids is 1. The molecule has 0 spiro atoms. The second-order valence-corrected chi connectivity index (χ2v) is 6.12. The zero-order chi connectivity index (χ0) is 15.5. The maximum Gasteiger partial charge on any atom is 0.408 e. The monoisotopic (exact) mass is 281 g/mol. The topological polar surface area (TPSA) is 75.6 Å². The fourth-order valence-corrected chi connectivity index (χ4v) is 2.11. The predicted molar refractivity (Wildman–Crippen MR) is 76.3 cm³/mol. The smallest absolute Gasteiger partial charge is 0.408 e. The summed E-state index contributed by atoms with van der Waals surface area (Å²) in [4.78, 5) is 23.2. The highest BCUT2D eigenvalue weighted by molar-refractivity contribution is 5.80. The van der Waals surface area contributed by atoms with Crippen LogP contribution in [0.15, 0.2) is 23.8 Å². The van der Waals surface area contributed by atoms with E-state index >= 15 is 0 Å². The number of rotatable bonds is 3. The first-order chi connectivity index (χ1) is 9.11. The second-order valence-electron chi connectivity index (χ2n) is 6.12. The molecule has 2 N–H and O–H groups in total. The van der Waals surface area contributed by atoms with Gasteiger partial charge in [0.1, 0.15) is 11.6 Å². The number of carboxylic acid groups (broad SMARTS) is 1. The Morgan fingerprint density at radius 2 is 2.00 bits per heavy atom. The van der Waals surface area contributed by atoms with Crippen molar-refractivity contribution in [2.75, 3.05) is 0 Å². The lowest BCUT2D eigenvalue weighted by Gasteiger charge is -2.30. The van der Waals surface area contributed by atoms with Crippen LogP contribution in [0.25, 0.3) is 0 Å². The molecule has 0 heterocycles. The number of hydrogen-bond donors (Lipinski definition) is 2. The number of allylic oxidation sites excluding steroid dienone is 3. The quantitative estimate of drug-likeness (QED) is 0.834. The molecule has 0 radical (unpaired) electrons. The van der Waals surface area contributed by atoms with E-state index in [1.165, 1.54) is 0 Å². The lowest BCUT2D eigenvalue weighted by atomic mass is 9.80. The van der Waals surface area contributed by atoms with Crippen LogP contribution in [0, 0.1) is 11.8 Å². The number of alkyl carbamates (subject to hydrolysis) is 1. The van der Waals surface area contributed by atoms with Gasteiger partial charge < -0.3 is 15.2 Å². The van der Waals surface area contributed by atoms with E-state index in [1.807, 2.05) is 32.1 Å². The van der Waals surface area contributed by atoms with Crippen molar-refractivity contribution in [2.24, 2.45) is 11.8 Å². The largest absolute Gasteiger partial charge is 0.480 e. The summed E-state index contributed by atoms with van der Waals surface area (Å²) in [5.41, 5.74) is 0.437. The van der Waals surface area contributed by atoms with Crippen molar-refractivity contribution in [3.63, 3.8) is 0 Å². The zero-order valence-corrected chi connectivity index (χ0v) is 12.6. The Labute approximate surface area is 119 Å². The van der Waals surface area contributed by atoms with Crippen LogP contribution in [-0.4, -0.2) is 28.8 Å². The number of aliphatic carboxylic acids is 1. The molecule has 5 heteroatoms. The van der Waals surface area contributed by atoms with Gasteiger partial charge in [0.2, 0.25) is 0 Å². The molecule has 1 aliphatic carbocycles. The van der Waals surface area contributed by atoms with Crippen LogP contribution in [0.1, 0.15) is 34.6 Å². The minimum absolute atomic E-state index is 0.0519. The van der Waals surface area contributed by atoms with Crippen molar-refractivity contribution < 1.29 is 19.4 Å². The first kappa shape index (κ1) is 16.3. The lowest BCUT2D eigenvalue weighted by molar-refractivity contribution is -0.140. The van der Waals surface area contributed by atoms with E-state index in [4.69, 9.17) is 4.74 Å². The van der Waals surface area contributed by atoms with Crippen LogP contribution < -0.4 is 5.32 Å². The molecule has 0 saturated carbocycles. The molecule has 0 aromatic carbocycles. The van der Waals surface area contributed by atoms with Crippen molar-refractivity contribution >= 4 is 12.1 Å². The first-order valence-corrected chi connectivity index (χ1v) is 6.69. The highest BCUT2D eigenvalue weighted by Gasteiger charge is 2.34. The third-order valence-corrected chi connectivity index (χ3v) is 3.31. The van der Waals surface area contributed by atoms with E-state index in [1.54, 1.807) is 20.8 Å². The fraction of sp³-hybridized carbons (Fsp3) is 0.600. The standard InChI is InChI=1S/C15H23NO4/c1-9-7-6-8-11(10(9)2)12(13(17)18)16-14(19)20-15(3,4)5/h6-8,10-12H,1-5H3,(H,16,19)(H,17,18). The highest BCUT2D eigenvalue weighted by Crippen LogP contribution is 2.28. The zero-order valence-electron chi connectivity index (χ0n) is 12.6. The van der Waals surface area contributed by atoms with Gasteiger partial charge in [0.05, 0.1) is 0 Å². The van der Waals surface area contributed by atoms with Crippen LogP contribution in [0.2, 0.25) is 0 Å². The summed E-state index contributed by atoms with van der Waals surface area (Å²) in [6.07, 6.45) is 4.88. The normalized spacial score (nSPS) is 23.8. The van der Waals surface area contributed by atoms with Gasteiger partial charge in [-0.15, -0.1) is 0 Å². The van der Waals surface area contributed by atoms with Gasteiger partial charge in [0.25, 0.3) is 0 Å². The minimum Gasteiger partial charge on any atom is -0.480 e. The molecule has 1 rings (SSSR count). The van der Waals surface area contributed by atoms with Gasteiger partial charge in [-0.25, -0.2) is 9.59 Å². The van der Waals surface area contributed by atoms with Gasteiger partial charge in [0.15, 0.2) is 0 Å². The summed E-state index contributed by atoms with van der Waals surface area (Å²) in [6, 6.07) is -1.00. The van der Waals surface area contributed by atoms with Crippen molar-refractivity contribution in [1.29, 1.82) is 0 Å². The van der Waals surface area contributed by atoms with Gasteiger partial charge in [-0.2, -0.15) is 0 Å². The number of carbonyl (C=O) groups is 2. The Bertz CT molecular complexity index is 445. The van der Waals surface area contributed by atoms with E-state index in [0.29, 0.717) is 0 Å². The Kier molecular flexibility index (Phi) is 4.98. The van der Waals surface area contributed by atoms with E-state index in [2.05, 4.69) is 5.32 Å². The Hall–Kier alpha value is -1.78. The van der Waals surface area contributed by atoms with Gasteiger partial charge in [-0.1, -0.05) is 30.7 Å². The molecule has 0 bridgehead atoms. The summed E-state index contributed by atoms with van der Waals surface area (Å²) in [6.45, 7) is 9.11. The average molecular weight is 281 g/mol. The Morgan fingerprint density at radius 1 is 1.40 bits per heavy atom. The van der Waals surface area contributed by atoms with Crippen molar-refractivity contribution in [3.05, 3.63) is 23.8 Å². The minimum atomic E-state index is -1.06. The molecule has 112 valence electrons. The third kappa shape index (κ3) is 4.40. The molecule has 0 fully saturated rings. The number of ether oxygens (including phenoxy) is 1. The van der Waals surface area contributed by atoms with Crippen LogP contribution in [-0.2, 0) is 9.53 Å².